The van der Waals surface area contributed by atoms with Crippen LogP contribution in [0, 0.1) is 17.0 Å². The molecule has 0 bridgehead atoms. The number of nitrogens with zero attached hydrogens (tertiary/aromatic N) is 5. The normalized spacial score (nSPS) is 16.3. The van der Waals surface area contributed by atoms with Crippen LogP contribution in [0.2, 0.25) is 5.02 Å². The lowest BCUT2D eigenvalue weighted by Crippen LogP contribution is -2.50. The molecule has 2 aromatic rings. The fourth-order valence-electron chi connectivity index (χ4n) is 3.33. The molecule has 9 heteroatoms. The lowest BCUT2D eigenvalue weighted by Gasteiger charge is -2.36. The van der Waals surface area contributed by atoms with Gasteiger partial charge in [0, 0.05) is 37.7 Å². The molecule has 1 aliphatic heterocycles. The van der Waals surface area contributed by atoms with Crippen molar-refractivity contribution in [3.63, 3.8) is 0 Å². The van der Waals surface area contributed by atoms with Gasteiger partial charge >= 0.3 is 5.69 Å². The standard InChI is InChI=1S/C18H22ClN5O3/c1-13-17(24(26)27)11-20-23(13)14(2)18(25)22-9-7-21(8-10-22)12-15-3-5-16(19)6-4-15/h3-6,11,14H,7-10,12H2,1-2H3. The van der Waals surface area contributed by atoms with Gasteiger partial charge in [0.2, 0.25) is 5.91 Å². The number of aromatic nitrogens is 2. The number of amides is 1. The Kier molecular flexibility index (Phi) is 5.76. The molecule has 0 saturated carbocycles. The highest BCUT2D eigenvalue weighted by Crippen LogP contribution is 2.22. The Bertz CT molecular complexity index is 828. The van der Waals surface area contributed by atoms with E-state index in [-0.39, 0.29) is 11.6 Å². The Morgan fingerprint density at radius 3 is 2.44 bits per heavy atom. The maximum atomic E-state index is 12.8. The molecule has 1 saturated heterocycles. The molecule has 1 aromatic heterocycles. The summed E-state index contributed by atoms with van der Waals surface area (Å²) in [7, 11) is 0. The van der Waals surface area contributed by atoms with Crippen molar-refractivity contribution in [2.24, 2.45) is 0 Å². The molecule has 0 radical (unpaired) electrons. The first kappa shape index (κ1) is 19.3. The van der Waals surface area contributed by atoms with E-state index in [0.717, 1.165) is 24.7 Å². The predicted octanol–water partition coefficient (Wildman–Crippen LogP) is 2.66. The minimum atomic E-state index is -0.568. The fourth-order valence-corrected chi connectivity index (χ4v) is 3.45. The first-order valence-electron chi connectivity index (χ1n) is 8.81. The van der Waals surface area contributed by atoms with E-state index in [0.29, 0.717) is 18.8 Å². The average molecular weight is 392 g/mol. The van der Waals surface area contributed by atoms with E-state index in [4.69, 9.17) is 11.6 Å². The van der Waals surface area contributed by atoms with Crippen molar-refractivity contribution in [2.45, 2.75) is 26.4 Å². The van der Waals surface area contributed by atoms with Crippen LogP contribution in [-0.2, 0) is 11.3 Å². The van der Waals surface area contributed by atoms with Crippen molar-refractivity contribution < 1.29 is 9.72 Å². The van der Waals surface area contributed by atoms with Crippen molar-refractivity contribution in [3.05, 3.63) is 56.9 Å². The Balaban J connectivity index is 1.58. The quantitative estimate of drug-likeness (QED) is 0.577. The highest BCUT2D eigenvalue weighted by molar-refractivity contribution is 6.30. The summed E-state index contributed by atoms with van der Waals surface area (Å²) in [5.74, 6) is -0.0674. The van der Waals surface area contributed by atoms with Crippen LogP contribution in [0.4, 0.5) is 5.69 Å². The lowest BCUT2D eigenvalue weighted by atomic mass is 10.2. The molecule has 1 unspecified atom stereocenters. The van der Waals surface area contributed by atoms with Crippen molar-refractivity contribution in [3.8, 4) is 0 Å². The van der Waals surface area contributed by atoms with E-state index in [1.54, 1.807) is 18.7 Å². The zero-order chi connectivity index (χ0) is 19.6. The summed E-state index contributed by atoms with van der Waals surface area (Å²) in [5, 5.41) is 15.7. The second-order valence-electron chi connectivity index (χ2n) is 6.72. The molecule has 0 spiro atoms. The second-order valence-corrected chi connectivity index (χ2v) is 7.16. The molecule has 1 fully saturated rings. The zero-order valence-corrected chi connectivity index (χ0v) is 16.1. The number of benzene rings is 1. The number of rotatable bonds is 5. The third-order valence-electron chi connectivity index (χ3n) is 4.94. The Labute approximate surface area is 162 Å². The Morgan fingerprint density at radius 1 is 1.26 bits per heavy atom. The molecule has 2 heterocycles. The number of piperazine rings is 1. The summed E-state index contributed by atoms with van der Waals surface area (Å²) in [6, 6.07) is 7.21. The van der Waals surface area contributed by atoms with Crippen molar-refractivity contribution in [1.29, 1.82) is 0 Å². The van der Waals surface area contributed by atoms with Gasteiger partial charge in [-0.05, 0) is 31.5 Å². The van der Waals surface area contributed by atoms with Gasteiger partial charge in [0.1, 0.15) is 17.9 Å². The van der Waals surface area contributed by atoms with Gasteiger partial charge in [-0.2, -0.15) is 5.10 Å². The van der Waals surface area contributed by atoms with Crippen LogP contribution in [0.15, 0.2) is 30.5 Å². The largest absolute Gasteiger partial charge is 0.338 e. The maximum Gasteiger partial charge on any atom is 0.309 e. The third kappa shape index (κ3) is 4.28. The van der Waals surface area contributed by atoms with Crippen LogP contribution in [0.1, 0.15) is 24.2 Å². The van der Waals surface area contributed by atoms with E-state index in [2.05, 4.69) is 10.00 Å². The Hall–Kier alpha value is -2.45. The smallest absolute Gasteiger partial charge is 0.309 e. The molecule has 1 aromatic carbocycles. The molecule has 27 heavy (non-hydrogen) atoms. The average Bonchev–Trinajstić information content (AvgIpc) is 3.05. The summed E-state index contributed by atoms with van der Waals surface area (Å²) < 4.78 is 1.43. The van der Waals surface area contributed by atoms with Crippen molar-refractivity contribution in [1.82, 2.24) is 19.6 Å². The first-order valence-corrected chi connectivity index (χ1v) is 9.18. The van der Waals surface area contributed by atoms with Gasteiger partial charge in [-0.1, -0.05) is 23.7 Å². The number of nitro groups is 1. The molecule has 1 amide bonds. The van der Waals surface area contributed by atoms with Crippen LogP contribution in [-0.4, -0.2) is 56.6 Å². The SMILES string of the molecule is Cc1c([N+](=O)[O-])cnn1C(C)C(=O)N1CCN(Cc2ccc(Cl)cc2)CC1. The highest BCUT2D eigenvalue weighted by Gasteiger charge is 2.29. The molecule has 3 rings (SSSR count). The number of carbonyl (C=O) groups is 1. The highest BCUT2D eigenvalue weighted by atomic mass is 35.5. The Morgan fingerprint density at radius 2 is 1.89 bits per heavy atom. The van der Waals surface area contributed by atoms with Gasteiger partial charge in [-0.15, -0.1) is 0 Å². The number of hydrogen-bond acceptors (Lipinski definition) is 5. The molecule has 144 valence electrons. The van der Waals surface area contributed by atoms with E-state index in [1.165, 1.54) is 16.4 Å². The molecule has 1 atom stereocenters. The van der Waals surface area contributed by atoms with Gasteiger partial charge in [-0.3, -0.25) is 24.5 Å². The first-order chi connectivity index (χ1) is 12.9. The van der Waals surface area contributed by atoms with Crippen LogP contribution >= 0.6 is 11.6 Å². The summed E-state index contributed by atoms with van der Waals surface area (Å²) in [4.78, 5) is 27.4. The van der Waals surface area contributed by atoms with E-state index < -0.39 is 11.0 Å². The van der Waals surface area contributed by atoms with Crippen LogP contribution in [0.25, 0.3) is 0 Å². The summed E-state index contributed by atoms with van der Waals surface area (Å²) in [6.07, 6.45) is 1.20. The molecule has 1 aliphatic rings. The molecular weight excluding hydrogens is 370 g/mol. The lowest BCUT2D eigenvalue weighted by molar-refractivity contribution is -0.385. The molecular formula is C18H22ClN5O3. The minimum Gasteiger partial charge on any atom is -0.338 e. The predicted molar refractivity (Wildman–Crippen MR) is 102 cm³/mol. The maximum absolute atomic E-state index is 12.8. The van der Waals surface area contributed by atoms with Crippen molar-refractivity contribution >= 4 is 23.2 Å². The van der Waals surface area contributed by atoms with E-state index in [9.17, 15) is 14.9 Å². The van der Waals surface area contributed by atoms with Gasteiger partial charge in [-0.25, -0.2) is 0 Å². The number of carbonyl (C=O) groups excluding carboxylic acids is 1. The minimum absolute atomic E-state index is 0.0672. The zero-order valence-electron chi connectivity index (χ0n) is 15.3. The van der Waals surface area contributed by atoms with Gasteiger partial charge < -0.3 is 4.90 Å². The number of halogens is 1. The summed E-state index contributed by atoms with van der Waals surface area (Å²) >= 11 is 5.92. The van der Waals surface area contributed by atoms with Crippen LogP contribution in [0.3, 0.4) is 0 Å². The molecule has 0 N–H and O–H groups in total. The summed E-state index contributed by atoms with van der Waals surface area (Å²) in [6.45, 7) is 6.96. The fraction of sp³-hybridized carbons (Fsp3) is 0.444. The van der Waals surface area contributed by atoms with Crippen LogP contribution in [0.5, 0.6) is 0 Å². The summed E-state index contributed by atoms with van der Waals surface area (Å²) in [5.41, 5.74) is 1.51. The third-order valence-corrected chi connectivity index (χ3v) is 5.20. The van der Waals surface area contributed by atoms with E-state index >= 15 is 0 Å². The van der Waals surface area contributed by atoms with Crippen molar-refractivity contribution in [2.75, 3.05) is 26.2 Å². The van der Waals surface area contributed by atoms with Gasteiger partial charge in [0.05, 0.1) is 4.92 Å². The van der Waals surface area contributed by atoms with E-state index in [1.807, 2.05) is 24.3 Å². The monoisotopic (exact) mass is 391 g/mol. The number of hydrogen-bond donors (Lipinski definition) is 0. The molecule has 0 aliphatic carbocycles. The van der Waals surface area contributed by atoms with Crippen LogP contribution < -0.4 is 0 Å². The molecule has 8 nitrogen and oxygen atoms in total. The topological polar surface area (TPSA) is 84.5 Å². The van der Waals surface area contributed by atoms with Gasteiger partial charge in [0.25, 0.3) is 0 Å². The second kappa shape index (κ2) is 8.06. The van der Waals surface area contributed by atoms with Gasteiger partial charge in [0.15, 0.2) is 0 Å².